The second-order valence-corrected chi connectivity index (χ2v) is 3.01. The van der Waals surface area contributed by atoms with Crippen LogP contribution in [0.5, 0.6) is 0 Å². The Balaban J connectivity index is 2.58. The summed E-state index contributed by atoms with van der Waals surface area (Å²) in [6, 6.07) is 8.31. The minimum Gasteiger partial charge on any atom is -0.303 e. The zero-order chi connectivity index (χ0) is 9.52. The first-order chi connectivity index (χ1) is 6.36. The second kappa shape index (κ2) is 5.31. The topological polar surface area (TPSA) is 17.1 Å². The lowest BCUT2D eigenvalue weighted by Gasteiger charge is -1.99. The van der Waals surface area contributed by atoms with Crippen LogP contribution in [0, 0.1) is 0 Å². The largest absolute Gasteiger partial charge is 0.303 e. The van der Waals surface area contributed by atoms with E-state index in [0.29, 0.717) is 6.42 Å². The Hall–Kier alpha value is -1.37. The monoisotopic (exact) mass is 174 g/mol. The highest BCUT2D eigenvalue weighted by Gasteiger charge is 1.92. The Bertz CT molecular complexity index is 272. The zero-order valence-electron chi connectivity index (χ0n) is 7.70. The highest BCUT2D eigenvalue weighted by molar-refractivity contribution is 5.50. The highest BCUT2D eigenvalue weighted by atomic mass is 16.1. The van der Waals surface area contributed by atoms with Gasteiger partial charge in [0.15, 0.2) is 0 Å². The fourth-order valence-corrected chi connectivity index (χ4v) is 1.23. The predicted molar refractivity (Wildman–Crippen MR) is 54.7 cm³/mol. The zero-order valence-corrected chi connectivity index (χ0v) is 7.70. The fraction of sp³-hybridized carbons (Fsp3) is 0.250. The maximum Gasteiger partial charge on any atom is 0.120 e. The number of hydrogen-bond acceptors (Lipinski definition) is 1. The van der Waals surface area contributed by atoms with Crippen LogP contribution in [0.3, 0.4) is 0 Å². The SMILES string of the molecule is C=CCc1ccc(CCC=O)cc1. The van der Waals surface area contributed by atoms with Crippen molar-refractivity contribution in [2.45, 2.75) is 19.3 Å². The summed E-state index contributed by atoms with van der Waals surface area (Å²) in [5, 5.41) is 0. The molecule has 13 heavy (non-hydrogen) atoms. The van der Waals surface area contributed by atoms with Crippen molar-refractivity contribution in [3.05, 3.63) is 48.0 Å². The van der Waals surface area contributed by atoms with Crippen molar-refractivity contribution in [1.29, 1.82) is 0 Å². The molecule has 0 radical (unpaired) electrons. The Morgan fingerprint density at radius 1 is 1.15 bits per heavy atom. The molecule has 0 unspecified atom stereocenters. The third-order valence-electron chi connectivity index (χ3n) is 1.95. The van der Waals surface area contributed by atoms with E-state index in [1.165, 1.54) is 11.1 Å². The molecule has 0 aliphatic rings. The lowest BCUT2D eigenvalue weighted by Crippen LogP contribution is -1.87. The summed E-state index contributed by atoms with van der Waals surface area (Å²) < 4.78 is 0. The van der Waals surface area contributed by atoms with Crippen LogP contribution >= 0.6 is 0 Å². The highest BCUT2D eigenvalue weighted by Crippen LogP contribution is 2.06. The first-order valence-corrected chi connectivity index (χ1v) is 4.49. The summed E-state index contributed by atoms with van der Waals surface area (Å²) in [5.41, 5.74) is 2.49. The Kier molecular flexibility index (Phi) is 3.97. The summed E-state index contributed by atoms with van der Waals surface area (Å²) in [7, 11) is 0. The van der Waals surface area contributed by atoms with Crippen LogP contribution in [0.2, 0.25) is 0 Å². The smallest absolute Gasteiger partial charge is 0.120 e. The molecule has 0 bridgehead atoms. The number of benzene rings is 1. The molecule has 0 atom stereocenters. The van der Waals surface area contributed by atoms with Gasteiger partial charge < -0.3 is 4.79 Å². The number of carbonyl (C=O) groups excluding carboxylic acids is 1. The van der Waals surface area contributed by atoms with Gasteiger partial charge in [-0.1, -0.05) is 30.3 Å². The van der Waals surface area contributed by atoms with Gasteiger partial charge in [-0.25, -0.2) is 0 Å². The third-order valence-corrected chi connectivity index (χ3v) is 1.95. The molecule has 1 aromatic carbocycles. The van der Waals surface area contributed by atoms with Crippen molar-refractivity contribution in [2.24, 2.45) is 0 Å². The molecule has 1 heteroatoms. The maximum atomic E-state index is 10.1. The van der Waals surface area contributed by atoms with E-state index in [4.69, 9.17) is 0 Å². The minimum absolute atomic E-state index is 0.612. The van der Waals surface area contributed by atoms with Crippen LogP contribution in [-0.4, -0.2) is 6.29 Å². The van der Waals surface area contributed by atoms with Crippen molar-refractivity contribution in [3.8, 4) is 0 Å². The normalized spacial score (nSPS) is 9.54. The standard InChI is InChI=1S/C12H14O/c1-2-4-11-6-8-12(9-7-11)5-3-10-13/h2,6-10H,1,3-5H2. The molecule has 0 spiro atoms. The summed E-state index contributed by atoms with van der Waals surface area (Å²) in [4.78, 5) is 10.1. The van der Waals surface area contributed by atoms with E-state index >= 15 is 0 Å². The van der Waals surface area contributed by atoms with E-state index in [2.05, 4.69) is 30.8 Å². The average Bonchev–Trinajstić information content (AvgIpc) is 2.17. The fourth-order valence-electron chi connectivity index (χ4n) is 1.23. The van der Waals surface area contributed by atoms with E-state index in [1.54, 1.807) is 0 Å². The predicted octanol–water partition coefficient (Wildman–Crippen LogP) is 2.55. The summed E-state index contributed by atoms with van der Waals surface area (Å²) >= 11 is 0. The molecule has 0 fully saturated rings. The van der Waals surface area contributed by atoms with Gasteiger partial charge in [-0.3, -0.25) is 0 Å². The molecule has 68 valence electrons. The number of rotatable bonds is 5. The maximum absolute atomic E-state index is 10.1. The first kappa shape index (κ1) is 9.72. The molecule has 0 saturated heterocycles. The van der Waals surface area contributed by atoms with Crippen molar-refractivity contribution in [2.75, 3.05) is 0 Å². The molecule has 0 N–H and O–H groups in total. The molecule has 0 heterocycles. The van der Waals surface area contributed by atoms with Gasteiger partial charge in [0.05, 0.1) is 0 Å². The molecule has 0 aliphatic heterocycles. The summed E-state index contributed by atoms with van der Waals surface area (Å²) in [6.45, 7) is 3.68. The van der Waals surface area contributed by atoms with Gasteiger partial charge in [-0.15, -0.1) is 6.58 Å². The molecule has 1 rings (SSSR count). The van der Waals surface area contributed by atoms with Crippen LogP contribution in [0.4, 0.5) is 0 Å². The molecule has 1 aromatic rings. The third kappa shape index (κ3) is 3.24. The number of carbonyl (C=O) groups is 1. The number of hydrogen-bond donors (Lipinski definition) is 0. The van der Waals surface area contributed by atoms with Crippen molar-refractivity contribution in [3.63, 3.8) is 0 Å². The van der Waals surface area contributed by atoms with E-state index in [1.807, 2.05) is 6.08 Å². The molecule has 0 aliphatic carbocycles. The lowest BCUT2D eigenvalue weighted by atomic mass is 10.1. The van der Waals surface area contributed by atoms with Crippen LogP contribution in [0.1, 0.15) is 17.5 Å². The Morgan fingerprint density at radius 3 is 2.31 bits per heavy atom. The minimum atomic E-state index is 0.612. The first-order valence-electron chi connectivity index (χ1n) is 4.49. The lowest BCUT2D eigenvalue weighted by molar-refractivity contribution is -0.107. The van der Waals surface area contributed by atoms with Gasteiger partial charge in [0.1, 0.15) is 6.29 Å². The van der Waals surface area contributed by atoms with Gasteiger partial charge in [0, 0.05) is 6.42 Å². The van der Waals surface area contributed by atoms with Crippen molar-refractivity contribution < 1.29 is 4.79 Å². The van der Waals surface area contributed by atoms with Gasteiger partial charge in [0.2, 0.25) is 0 Å². The average molecular weight is 174 g/mol. The molecule has 1 nitrogen and oxygen atoms in total. The quantitative estimate of drug-likeness (QED) is 0.495. The second-order valence-electron chi connectivity index (χ2n) is 3.01. The van der Waals surface area contributed by atoms with Gasteiger partial charge in [0.25, 0.3) is 0 Å². The Labute approximate surface area is 79.1 Å². The van der Waals surface area contributed by atoms with Gasteiger partial charge >= 0.3 is 0 Å². The van der Waals surface area contributed by atoms with Crippen LogP contribution < -0.4 is 0 Å². The van der Waals surface area contributed by atoms with Crippen molar-refractivity contribution >= 4 is 6.29 Å². The Morgan fingerprint density at radius 2 is 1.77 bits per heavy atom. The van der Waals surface area contributed by atoms with Crippen LogP contribution in [0.25, 0.3) is 0 Å². The van der Waals surface area contributed by atoms with Crippen LogP contribution in [0.15, 0.2) is 36.9 Å². The van der Waals surface area contributed by atoms with E-state index < -0.39 is 0 Å². The molecular weight excluding hydrogens is 160 g/mol. The van der Waals surface area contributed by atoms with Crippen LogP contribution in [-0.2, 0) is 17.6 Å². The number of allylic oxidation sites excluding steroid dienone is 1. The van der Waals surface area contributed by atoms with Gasteiger partial charge in [-0.2, -0.15) is 0 Å². The van der Waals surface area contributed by atoms with E-state index in [-0.39, 0.29) is 0 Å². The molecule has 0 saturated carbocycles. The van der Waals surface area contributed by atoms with Gasteiger partial charge in [-0.05, 0) is 24.0 Å². The summed E-state index contributed by atoms with van der Waals surface area (Å²) in [5.74, 6) is 0. The molecule has 0 amide bonds. The van der Waals surface area contributed by atoms with E-state index in [9.17, 15) is 4.79 Å². The number of aldehydes is 1. The molecule has 0 aromatic heterocycles. The summed E-state index contributed by atoms with van der Waals surface area (Å²) in [6.07, 6.45) is 5.21. The molecular formula is C12H14O. The van der Waals surface area contributed by atoms with E-state index in [0.717, 1.165) is 19.1 Å². The number of aryl methyl sites for hydroxylation is 1. The van der Waals surface area contributed by atoms with Crippen molar-refractivity contribution in [1.82, 2.24) is 0 Å².